The second kappa shape index (κ2) is 4.94. The molecule has 1 aromatic rings. The van der Waals surface area contributed by atoms with Crippen LogP contribution < -0.4 is 4.74 Å². The molecule has 1 aromatic carbocycles. The summed E-state index contributed by atoms with van der Waals surface area (Å²) in [4.78, 5) is 1.45. The first-order valence-electron chi connectivity index (χ1n) is 5.83. The average molecular weight is 278 g/mol. The normalized spacial score (nSPS) is 25.7. The van der Waals surface area contributed by atoms with E-state index in [-0.39, 0.29) is 5.75 Å². The quantitative estimate of drug-likeness (QED) is 0.882. The van der Waals surface area contributed by atoms with Crippen molar-refractivity contribution in [3.63, 3.8) is 0 Å². The lowest BCUT2D eigenvalue weighted by Gasteiger charge is -2.11. The van der Waals surface area contributed by atoms with E-state index in [9.17, 15) is 5.11 Å². The molecular weight excluding hydrogens is 264 g/mol. The van der Waals surface area contributed by atoms with Crippen LogP contribution in [0.4, 0.5) is 0 Å². The maximum Gasteiger partial charge on any atom is 0.160 e. The van der Waals surface area contributed by atoms with Crippen LogP contribution in [0.3, 0.4) is 0 Å². The highest BCUT2D eigenvalue weighted by molar-refractivity contribution is 8.22. The van der Waals surface area contributed by atoms with Crippen molar-refractivity contribution in [3.8, 4) is 11.5 Å². The number of rotatable bonds is 2. The van der Waals surface area contributed by atoms with Crippen molar-refractivity contribution >= 4 is 23.5 Å². The fraction of sp³-hybridized carbons (Fsp3) is 0.286. The van der Waals surface area contributed by atoms with Gasteiger partial charge in [0.25, 0.3) is 0 Å². The van der Waals surface area contributed by atoms with Gasteiger partial charge in [0.15, 0.2) is 11.5 Å². The van der Waals surface area contributed by atoms with Crippen LogP contribution in [0.25, 0.3) is 0 Å². The molecule has 0 amide bonds. The smallest absolute Gasteiger partial charge is 0.160 e. The largest absolute Gasteiger partial charge is 0.504 e. The summed E-state index contributed by atoms with van der Waals surface area (Å²) < 4.78 is 5.45. The number of thioether (sulfide) groups is 2. The molecule has 0 radical (unpaired) electrons. The van der Waals surface area contributed by atoms with Crippen LogP contribution in [0.15, 0.2) is 41.3 Å². The lowest BCUT2D eigenvalue weighted by atomic mass is 10.2. The third-order valence-electron chi connectivity index (χ3n) is 3.07. The molecule has 1 N–H and O–H groups in total. The van der Waals surface area contributed by atoms with E-state index in [0.717, 1.165) is 12.0 Å². The summed E-state index contributed by atoms with van der Waals surface area (Å²) >= 11 is 3.85. The first-order chi connectivity index (χ1) is 8.78. The number of methoxy groups -OCH3 is 1. The Bertz CT molecular complexity index is 523. The minimum atomic E-state index is 0.221. The Labute approximate surface area is 115 Å². The van der Waals surface area contributed by atoms with Gasteiger partial charge in [-0.2, -0.15) is 0 Å². The first kappa shape index (κ1) is 12.1. The minimum absolute atomic E-state index is 0.221. The maximum atomic E-state index is 9.84. The zero-order valence-electron chi connectivity index (χ0n) is 10.00. The molecule has 0 spiro atoms. The van der Waals surface area contributed by atoms with Crippen molar-refractivity contribution in [1.29, 1.82) is 0 Å². The van der Waals surface area contributed by atoms with Crippen LogP contribution in [0.5, 0.6) is 11.5 Å². The number of hydrogen-bond donors (Lipinski definition) is 1. The number of phenolic OH excluding ortho intramolecular Hbond substituents is 1. The standard InChI is InChI=1S/C14H14O2S2/c1-16-11-7-6-9(8-10(11)15)14-17-12-4-2-3-5-13(12)18-14/h2-4,6-8,13-15H,5H2,1H3. The lowest BCUT2D eigenvalue weighted by molar-refractivity contribution is 0.373. The highest BCUT2D eigenvalue weighted by atomic mass is 32.2. The maximum absolute atomic E-state index is 9.84. The molecule has 1 heterocycles. The van der Waals surface area contributed by atoms with E-state index < -0.39 is 0 Å². The molecule has 4 heteroatoms. The van der Waals surface area contributed by atoms with Gasteiger partial charge in [0.05, 0.1) is 11.7 Å². The summed E-state index contributed by atoms with van der Waals surface area (Å²) in [6, 6.07) is 5.68. The monoisotopic (exact) mass is 278 g/mol. The Morgan fingerprint density at radius 1 is 1.39 bits per heavy atom. The third-order valence-corrected chi connectivity index (χ3v) is 6.31. The summed E-state index contributed by atoms with van der Waals surface area (Å²) in [5.41, 5.74) is 1.15. The van der Waals surface area contributed by atoms with Gasteiger partial charge < -0.3 is 9.84 Å². The van der Waals surface area contributed by atoms with Crippen molar-refractivity contribution in [2.75, 3.05) is 7.11 Å². The molecule has 0 bridgehead atoms. The van der Waals surface area contributed by atoms with Crippen LogP contribution in [-0.4, -0.2) is 17.5 Å². The van der Waals surface area contributed by atoms with Crippen molar-refractivity contribution in [2.45, 2.75) is 16.3 Å². The Balaban J connectivity index is 1.83. The van der Waals surface area contributed by atoms with Gasteiger partial charge in [-0.25, -0.2) is 0 Å². The number of benzene rings is 1. The Morgan fingerprint density at radius 3 is 3.00 bits per heavy atom. The molecule has 2 nitrogen and oxygen atoms in total. The molecule has 94 valence electrons. The number of fused-ring (bicyclic) bond motifs is 1. The highest BCUT2D eigenvalue weighted by Gasteiger charge is 2.32. The minimum Gasteiger partial charge on any atom is -0.504 e. The van der Waals surface area contributed by atoms with Gasteiger partial charge in [0.1, 0.15) is 0 Å². The molecule has 1 fully saturated rings. The summed E-state index contributed by atoms with van der Waals surface area (Å²) in [5.74, 6) is 0.753. The molecule has 18 heavy (non-hydrogen) atoms. The topological polar surface area (TPSA) is 29.5 Å². The fourth-order valence-corrected chi connectivity index (χ4v) is 5.39. The van der Waals surface area contributed by atoms with Gasteiger partial charge in [-0.3, -0.25) is 0 Å². The highest BCUT2D eigenvalue weighted by Crippen LogP contribution is 2.58. The van der Waals surface area contributed by atoms with Gasteiger partial charge >= 0.3 is 0 Å². The molecule has 2 aliphatic rings. The van der Waals surface area contributed by atoms with Crippen LogP contribution in [0.1, 0.15) is 16.6 Å². The lowest BCUT2D eigenvalue weighted by Crippen LogP contribution is -1.99. The molecular formula is C14H14O2S2. The number of hydrogen-bond acceptors (Lipinski definition) is 4. The van der Waals surface area contributed by atoms with Crippen LogP contribution in [-0.2, 0) is 0 Å². The molecule has 2 unspecified atom stereocenters. The zero-order valence-corrected chi connectivity index (χ0v) is 11.6. The van der Waals surface area contributed by atoms with E-state index in [0.29, 0.717) is 15.6 Å². The first-order valence-corrected chi connectivity index (χ1v) is 7.66. The number of allylic oxidation sites excluding steroid dienone is 3. The van der Waals surface area contributed by atoms with Crippen molar-refractivity contribution < 1.29 is 9.84 Å². The Morgan fingerprint density at radius 2 is 2.28 bits per heavy atom. The van der Waals surface area contributed by atoms with Gasteiger partial charge in [0, 0.05) is 5.25 Å². The van der Waals surface area contributed by atoms with E-state index in [2.05, 4.69) is 18.2 Å². The van der Waals surface area contributed by atoms with Gasteiger partial charge in [-0.1, -0.05) is 24.3 Å². The van der Waals surface area contributed by atoms with E-state index in [1.54, 1.807) is 7.11 Å². The van der Waals surface area contributed by atoms with E-state index in [1.807, 2.05) is 41.7 Å². The van der Waals surface area contributed by atoms with Crippen LogP contribution in [0.2, 0.25) is 0 Å². The molecule has 0 aromatic heterocycles. The predicted molar refractivity (Wildman–Crippen MR) is 78.2 cm³/mol. The SMILES string of the molecule is COc1ccc(C2SC3=CC=CCC3S2)cc1O. The summed E-state index contributed by atoms with van der Waals surface area (Å²) in [7, 11) is 1.57. The number of phenols is 1. The van der Waals surface area contributed by atoms with Crippen LogP contribution >= 0.6 is 23.5 Å². The predicted octanol–water partition coefficient (Wildman–Crippen LogP) is 4.09. The van der Waals surface area contributed by atoms with E-state index >= 15 is 0 Å². The van der Waals surface area contributed by atoms with Crippen molar-refractivity contribution in [3.05, 3.63) is 46.9 Å². The van der Waals surface area contributed by atoms with Crippen LogP contribution in [0, 0.1) is 0 Å². The Hall–Kier alpha value is -1.00. The average Bonchev–Trinajstić information content (AvgIpc) is 2.82. The number of aromatic hydroxyl groups is 1. The fourth-order valence-electron chi connectivity index (χ4n) is 2.13. The molecule has 3 rings (SSSR count). The molecule has 1 saturated heterocycles. The van der Waals surface area contributed by atoms with Crippen molar-refractivity contribution in [1.82, 2.24) is 0 Å². The third kappa shape index (κ3) is 2.15. The molecule has 2 atom stereocenters. The van der Waals surface area contributed by atoms with Crippen molar-refractivity contribution in [2.24, 2.45) is 0 Å². The summed E-state index contributed by atoms with van der Waals surface area (Å²) in [6.07, 6.45) is 7.67. The summed E-state index contributed by atoms with van der Waals surface area (Å²) in [6.45, 7) is 0. The zero-order chi connectivity index (χ0) is 12.5. The second-order valence-electron chi connectivity index (χ2n) is 4.24. The summed E-state index contributed by atoms with van der Waals surface area (Å²) in [5, 5.41) is 10.4. The van der Waals surface area contributed by atoms with Gasteiger partial charge in [-0.15, -0.1) is 23.5 Å². The van der Waals surface area contributed by atoms with Gasteiger partial charge in [0.2, 0.25) is 0 Å². The number of ether oxygens (including phenoxy) is 1. The van der Waals surface area contributed by atoms with Gasteiger partial charge in [-0.05, 0) is 29.0 Å². The second-order valence-corrected chi connectivity index (χ2v) is 7.03. The van der Waals surface area contributed by atoms with E-state index in [4.69, 9.17) is 4.74 Å². The molecule has 1 aliphatic carbocycles. The molecule has 0 saturated carbocycles. The van der Waals surface area contributed by atoms with E-state index in [1.165, 1.54) is 4.91 Å². The Kier molecular flexibility index (Phi) is 3.31. The molecule has 1 aliphatic heterocycles.